The van der Waals surface area contributed by atoms with E-state index in [4.69, 9.17) is 30.1 Å². The minimum absolute atomic E-state index is 0.0788. The lowest BCUT2D eigenvalue weighted by Gasteiger charge is -2.40. The van der Waals surface area contributed by atoms with Crippen LogP contribution in [0.5, 0.6) is 0 Å². The predicted octanol–water partition coefficient (Wildman–Crippen LogP) is 0.378. The SMILES string of the molecule is C#CCS(C)(C)CC(=O)OC1OC[C@@H](OC(C)=O)[C@H](OC(C)=O)[C@H]1OC(C)=O. The molecule has 0 spiro atoms. The number of carbonyl (C=O) groups excluding carboxylic acids is 4. The number of rotatable bonds is 7. The van der Waals surface area contributed by atoms with Crippen molar-refractivity contribution >= 4 is 33.9 Å². The Labute approximate surface area is 165 Å². The fourth-order valence-electron chi connectivity index (χ4n) is 2.57. The summed E-state index contributed by atoms with van der Waals surface area (Å²) >= 11 is 0. The Kier molecular flexibility index (Phi) is 8.78. The van der Waals surface area contributed by atoms with Gasteiger partial charge in [-0.3, -0.25) is 19.2 Å². The summed E-state index contributed by atoms with van der Waals surface area (Å²) in [6, 6.07) is 0. The molecule has 1 aliphatic heterocycles. The van der Waals surface area contributed by atoms with Gasteiger partial charge in [-0.1, -0.05) is 5.92 Å². The molecule has 1 aliphatic rings. The highest BCUT2D eigenvalue weighted by Crippen LogP contribution is 2.39. The topological polar surface area (TPSA) is 114 Å². The Hall–Kier alpha value is -2.25. The van der Waals surface area contributed by atoms with Gasteiger partial charge in [-0.2, -0.15) is 0 Å². The van der Waals surface area contributed by atoms with Crippen LogP contribution in [0.3, 0.4) is 0 Å². The van der Waals surface area contributed by atoms with E-state index in [2.05, 4.69) is 5.92 Å². The summed E-state index contributed by atoms with van der Waals surface area (Å²) in [4.78, 5) is 46.7. The largest absolute Gasteiger partial charge is 0.456 e. The molecule has 1 unspecified atom stereocenters. The molecule has 1 rings (SSSR count). The maximum absolute atomic E-state index is 12.3. The average molecular weight is 418 g/mol. The highest BCUT2D eigenvalue weighted by Gasteiger charge is 2.48. The second-order valence-corrected chi connectivity index (χ2v) is 10.9. The average Bonchev–Trinajstić information content (AvgIpc) is 2.50. The monoisotopic (exact) mass is 418 g/mol. The van der Waals surface area contributed by atoms with Gasteiger partial charge in [-0.15, -0.1) is 6.42 Å². The Bertz CT molecular complexity index is 652. The summed E-state index contributed by atoms with van der Waals surface area (Å²) in [7, 11) is -1.41. The van der Waals surface area contributed by atoms with Gasteiger partial charge in [0.15, 0.2) is 12.2 Å². The Morgan fingerprint density at radius 3 is 2.00 bits per heavy atom. The van der Waals surface area contributed by atoms with Gasteiger partial charge in [-0.25, -0.2) is 10.0 Å². The summed E-state index contributed by atoms with van der Waals surface area (Å²) in [5.41, 5.74) is 0. The summed E-state index contributed by atoms with van der Waals surface area (Å²) in [6.45, 7) is 3.25. The molecule has 10 heteroatoms. The minimum atomic E-state index is -1.41. The molecule has 0 N–H and O–H groups in total. The highest BCUT2D eigenvalue weighted by atomic mass is 32.3. The molecule has 0 aromatic rings. The second kappa shape index (κ2) is 10.3. The van der Waals surface area contributed by atoms with Crippen molar-refractivity contribution in [3.05, 3.63) is 0 Å². The molecule has 4 atom stereocenters. The number of hydrogen-bond acceptors (Lipinski definition) is 9. The molecule has 0 saturated carbocycles. The van der Waals surface area contributed by atoms with E-state index < -0.39 is 58.5 Å². The van der Waals surface area contributed by atoms with Crippen molar-refractivity contribution in [1.82, 2.24) is 0 Å². The standard InChI is InChI=1S/C18H26O9S/c1-7-8-28(5,6)10-15(22)27-18-17(26-13(4)21)16(25-12(3)20)14(9-23-18)24-11(2)19/h1,14,16-18H,8-10H2,2-6H3/t14-,16+,17-,18?/m1/s1. The Balaban J connectivity index is 3.01. The van der Waals surface area contributed by atoms with E-state index in [0.717, 1.165) is 13.8 Å². The molecule has 0 radical (unpaired) electrons. The van der Waals surface area contributed by atoms with Crippen LogP contribution < -0.4 is 0 Å². The quantitative estimate of drug-likeness (QED) is 0.329. The van der Waals surface area contributed by atoms with Crippen LogP contribution >= 0.6 is 10.0 Å². The van der Waals surface area contributed by atoms with Crippen LogP contribution in [0.15, 0.2) is 0 Å². The first kappa shape index (κ1) is 23.8. The number of ether oxygens (including phenoxy) is 5. The molecular weight excluding hydrogens is 392 g/mol. The lowest BCUT2D eigenvalue weighted by molar-refractivity contribution is -0.273. The van der Waals surface area contributed by atoms with E-state index in [1.807, 2.05) is 12.5 Å². The third kappa shape index (κ3) is 7.78. The van der Waals surface area contributed by atoms with Crippen molar-refractivity contribution in [3.63, 3.8) is 0 Å². The van der Waals surface area contributed by atoms with Gasteiger partial charge in [-0.05, 0) is 12.5 Å². The predicted molar refractivity (Wildman–Crippen MR) is 101 cm³/mol. The first-order valence-electron chi connectivity index (χ1n) is 8.40. The van der Waals surface area contributed by atoms with Crippen molar-refractivity contribution in [2.45, 2.75) is 45.4 Å². The summed E-state index contributed by atoms with van der Waals surface area (Å²) < 4.78 is 26.2. The van der Waals surface area contributed by atoms with Crippen molar-refractivity contribution in [1.29, 1.82) is 0 Å². The highest BCUT2D eigenvalue weighted by molar-refractivity contribution is 8.33. The number of hydrogen-bond donors (Lipinski definition) is 0. The van der Waals surface area contributed by atoms with Gasteiger partial charge >= 0.3 is 23.9 Å². The number of carbonyl (C=O) groups is 4. The van der Waals surface area contributed by atoms with Gasteiger partial charge in [0.25, 0.3) is 0 Å². The molecule has 0 amide bonds. The first-order valence-corrected chi connectivity index (χ1v) is 11.2. The maximum atomic E-state index is 12.3. The van der Waals surface area contributed by atoms with E-state index in [9.17, 15) is 19.2 Å². The van der Waals surface area contributed by atoms with Crippen molar-refractivity contribution in [2.24, 2.45) is 0 Å². The number of terminal acetylenes is 1. The van der Waals surface area contributed by atoms with Crippen LogP contribution in [0.2, 0.25) is 0 Å². The molecule has 0 aromatic carbocycles. The van der Waals surface area contributed by atoms with Crippen LogP contribution in [-0.4, -0.2) is 79.1 Å². The van der Waals surface area contributed by atoms with Crippen LogP contribution in [0.1, 0.15) is 20.8 Å². The smallest absolute Gasteiger partial charge is 0.316 e. The van der Waals surface area contributed by atoms with Gasteiger partial charge < -0.3 is 23.7 Å². The van der Waals surface area contributed by atoms with Crippen LogP contribution in [-0.2, 0) is 42.9 Å². The van der Waals surface area contributed by atoms with E-state index >= 15 is 0 Å². The van der Waals surface area contributed by atoms with Crippen molar-refractivity contribution in [2.75, 3.05) is 30.6 Å². The summed E-state index contributed by atoms with van der Waals surface area (Å²) in [6.07, 6.45) is 4.25. The lowest BCUT2D eigenvalue weighted by atomic mass is 10.0. The molecule has 28 heavy (non-hydrogen) atoms. The molecule has 158 valence electrons. The minimum Gasteiger partial charge on any atom is -0.456 e. The molecule has 0 aromatic heterocycles. The Morgan fingerprint density at radius 2 is 1.50 bits per heavy atom. The first-order chi connectivity index (χ1) is 12.9. The van der Waals surface area contributed by atoms with E-state index in [-0.39, 0.29) is 12.4 Å². The zero-order valence-corrected chi connectivity index (χ0v) is 17.4. The number of esters is 4. The molecule has 0 bridgehead atoms. The van der Waals surface area contributed by atoms with Gasteiger partial charge in [0.05, 0.1) is 12.4 Å². The lowest BCUT2D eigenvalue weighted by Crippen LogP contribution is -2.58. The zero-order valence-electron chi connectivity index (χ0n) is 16.6. The molecule has 0 aliphatic carbocycles. The molecule has 1 saturated heterocycles. The molecule has 1 fully saturated rings. The third-order valence-corrected chi connectivity index (χ3v) is 5.50. The van der Waals surface area contributed by atoms with E-state index in [0.29, 0.717) is 5.75 Å². The van der Waals surface area contributed by atoms with Crippen molar-refractivity contribution < 1.29 is 42.9 Å². The normalized spacial score (nSPS) is 25.0. The van der Waals surface area contributed by atoms with E-state index in [1.165, 1.54) is 6.92 Å². The molecule has 9 nitrogen and oxygen atoms in total. The fourth-order valence-corrected chi connectivity index (χ4v) is 3.83. The molecule has 1 heterocycles. The van der Waals surface area contributed by atoms with Crippen molar-refractivity contribution in [3.8, 4) is 12.3 Å². The van der Waals surface area contributed by atoms with Gasteiger partial charge in [0.2, 0.25) is 12.4 Å². The maximum Gasteiger partial charge on any atom is 0.316 e. The summed E-state index contributed by atoms with van der Waals surface area (Å²) in [5, 5.41) is 0. The van der Waals surface area contributed by atoms with Crippen LogP contribution in [0.25, 0.3) is 0 Å². The molecular formula is C18H26O9S. The summed E-state index contributed by atoms with van der Waals surface area (Å²) in [5.74, 6) is 0.410. The van der Waals surface area contributed by atoms with Gasteiger partial charge in [0, 0.05) is 26.5 Å². The zero-order chi connectivity index (χ0) is 21.5. The van der Waals surface area contributed by atoms with Gasteiger partial charge in [0.1, 0.15) is 0 Å². The van der Waals surface area contributed by atoms with Crippen LogP contribution in [0.4, 0.5) is 0 Å². The van der Waals surface area contributed by atoms with Crippen LogP contribution in [0, 0.1) is 12.3 Å². The van der Waals surface area contributed by atoms with E-state index in [1.54, 1.807) is 0 Å². The fraction of sp³-hybridized carbons (Fsp3) is 0.667. The second-order valence-electron chi connectivity index (χ2n) is 6.75. The third-order valence-electron chi connectivity index (χ3n) is 3.53. The Morgan fingerprint density at radius 1 is 0.964 bits per heavy atom.